The molecule has 31 heavy (non-hydrogen) atoms. The van der Waals surface area contributed by atoms with Crippen LogP contribution in [-0.2, 0) is 23.0 Å². The molecule has 0 saturated heterocycles. The second kappa shape index (κ2) is 8.29. The summed E-state index contributed by atoms with van der Waals surface area (Å²) in [5.41, 5.74) is 6.38. The van der Waals surface area contributed by atoms with Crippen molar-refractivity contribution in [3.8, 4) is 0 Å². The lowest BCUT2D eigenvalue weighted by Gasteiger charge is -2.28. The number of rotatable bonds is 4. The van der Waals surface area contributed by atoms with Gasteiger partial charge in [-0.3, -0.25) is 4.79 Å². The van der Waals surface area contributed by atoms with E-state index in [1.807, 2.05) is 69.3 Å². The Morgan fingerprint density at radius 1 is 0.871 bits per heavy atom. The Hall–Kier alpha value is -2.96. The standard InChI is InChI=1S/C25H26N2O3S/c1-17-4-9-23(10-5-17)31(29,30)27-13-12-20-7-8-22(15-21(20)16-27)26-25(28)24-11-6-18(2)14-19(24)3/h4-11,14-15H,12-13,16H2,1-3H3,(H,26,28). The van der Waals surface area contributed by atoms with Gasteiger partial charge in [-0.15, -0.1) is 0 Å². The summed E-state index contributed by atoms with van der Waals surface area (Å²) in [6, 6.07) is 18.4. The van der Waals surface area contributed by atoms with Crippen molar-refractivity contribution in [2.45, 2.75) is 38.6 Å². The van der Waals surface area contributed by atoms with Crippen molar-refractivity contribution in [1.29, 1.82) is 0 Å². The van der Waals surface area contributed by atoms with Crippen molar-refractivity contribution in [3.63, 3.8) is 0 Å². The number of nitrogens with one attached hydrogen (secondary N) is 1. The maximum absolute atomic E-state index is 13.1. The summed E-state index contributed by atoms with van der Waals surface area (Å²) in [5.74, 6) is -0.169. The Labute approximate surface area is 183 Å². The highest BCUT2D eigenvalue weighted by Crippen LogP contribution is 2.27. The van der Waals surface area contributed by atoms with Crippen molar-refractivity contribution in [3.05, 3.63) is 94.0 Å². The van der Waals surface area contributed by atoms with Crippen LogP contribution >= 0.6 is 0 Å². The minimum atomic E-state index is -3.56. The molecule has 1 heterocycles. The van der Waals surface area contributed by atoms with Crippen LogP contribution < -0.4 is 5.32 Å². The van der Waals surface area contributed by atoms with E-state index in [0.717, 1.165) is 27.8 Å². The molecule has 1 aliphatic rings. The number of amides is 1. The molecule has 1 amide bonds. The maximum Gasteiger partial charge on any atom is 0.255 e. The zero-order valence-electron chi connectivity index (χ0n) is 18.0. The minimum Gasteiger partial charge on any atom is -0.322 e. The van der Waals surface area contributed by atoms with Gasteiger partial charge in [0.15, 0.2) is 0 Å². The van der Waals surface area contributed by atoms with Gasteiger partial charge in [-0.2, -0.15) is 4.31 Å². The van der Waals surface area contributed by atoms with Gasteiger partial charge in [0.1, 0.15) is 0 Å². The van der Waals surface area contributed by atoms with Gasteiger partial charge >= 0.3 is 0 Å². The maximum atomic E-state index is 13.1. The Balaban J connectivity index is 1.55. The fourth-order valence-corrected chi connectivity index (χ4v) is 5.36. The molecule has 0 unspecified atom stereocenters. The second-order valence-corrected chi connectivity index (χ2v) is 10.1. The van der Waals surface area contributed by atoms with E-state index in [2.05, 4.69) is 5.32 Å². The topological polar surface area (TPSA) is 66.5 Å². The molecule has 6 heteroatoms. The molecule has 0 aromatic heterocycles. The Kier molecular flexibility index (Phi) is 5.69. The van der Waals surface area contributed by atoms with Gasteiger partial charge in [0.05, 0.1) is 4.90 Å². The summed E-state index contributed by atoms with van der Waals surface area (Å²) >= 11 is 0. The van der Waals surface area contributed by atoms with Crippen LogP contribution in [0.15, 0.2) is 65.6 Å². The number of hydrogen-bond acceptors (Lipinski definition) is 3. The third-order valence-electron chi connectivity index (χ3n) is 5.73. The first kappa shape index (κ1) is 21.3. The molecule has 1 aliphatic heterocycles. The smallest absolute Gasteiger partial charge is 0.255 e. The minimum absolute atomic E-state index is 0.169. The van der Waals surface area contributed by atoms with Crippen molar-refractivity contribution in [2.75, 3.05) is 11.9 Å². The van der Waals surface area contributed by atoms with Gasteiger partial charge in [-0.05, 0) is 74.2 Å². The van der Waals surface area contributed by atoms with Crippen molar-refractivity contribution in [1.82, 2.24) is 4.31 Å². The molecule has 4 rings (SSSR count). The molecule has 160 valence electrons. The number of carbonyl (C=O) groups is 1. The number of sulfonamides is 1. The highest BCUT2D eigenvalue weighted by molar-refractivity contribution is 7.89. The number of benzene rings is 3. The van der Waals surface area contributed by atoms with Gasteiger partial charge < -0.3 is 5.32 Å². The number of nitrogens with zero attached hydrogens (tertiary/aromatic N) is 1. The molecule has 0 aliphatic carbocycles. The second-order valence-electron chi connectivity index (χ2n) is 8.16. The fraction of sp³-hybridized carbons (Fsp3) is 0.240. The fourth-order valence-electron chi connectivity index (χ4n) is 3.94. The van der Waals surface area contributed by atoms with Crippen LogP contribution in [0.2, 0.25) is 0 Å². The zero-order chi connectivity index (χ0) is 22.2. The quantitative estimate of drug-likeness (QED) is 0.652. The SMILES string of the molecule is Cc1ccc(S(=O)(=O)N2CCc3ccc(NC(=O)c4ccc(C)cc4C)cc3C2)cc1. The average Bonchev–Trinajstić information content (AvgIpc) is 2.73. The normalized spacial score (nSPS) is 14.2. The van der Waals surface area contributed by atoms with Crippen molar-refractivity contribution < 1.29 is 13.2 Å². The third-order valence-corrected chi connectivity index (χ3v) is 7.59. The van der Waals surface area contributed by atoms with E-state index < -0.39 is 10.0 Å². The van der Waals surface area contributed by atoms with E-state index in [-0.39, 0.29) is 5.91 Å². The Morgan fingerprint density at radius 3 is 2.29 bits per heavy atom. The first-order valence-electron chi connectivity index (χ1n) is 10.3. The largest absolute Gasteiger partial charge is 0.322 e. The van der Waals surface area contributed by atoms with E-state index in [4.69, 9.17) is 0 Å². The van der Waals surface area contributed by atoms with E-state index in [1.165, 1.54) is 4.31 Å². The Bertz CT molecular complexity index is 1250. The molecule has 3 aromatic rings. The molecule has 0 saturated carbocycles. The van der Waals surface area contributed by atoms with Gasteiger partial charge in [-0.25, -0.2) is 8.42 Å². The van der Waals surface area contributed by atoms with Gasteiger partial charge in [0.25, 0.3) is 5.91 Å². The first-order valence-corrected chi connectivity index (χ1v) is 11.8. The number of fused-ring (bicyclic) bond motifs is 1. The summed E-state index contributed by atoms with van der Waals surface area (Å²) in [7, 11) is -3.56. The molecule has 0 atom stereocenters. The summed E-state index contributed by atoms with van der Waals surface area (Å²) in [5, 5.41) is 2.95. The van der Waals surface area contributed by atoms with Crippen LogP contribution in [0.4, 0.5) is 5.69 Å². The summed E-state index contributed by atoms with van der Waals surface area (Å²) < 4.78 is 27.7. The highest BCUT2D eigenvalue weighted by atomic mass is 32.2. The monoisotopic (exact) mass is 434 g/mol. The molecular weight excluding hydrogens is 408 g/mol. The van der Waals surface area contributed by atoms with Crippen LogP contribution in [0.25, 0.3) is 0 Å². The van der Waals surface area contributed by atoms with Crippen LogP contribution in [-0.4, -0.2) is 25.2 Å². The average molecular weight is 435 g/mol. The number of aryl methyl sites for hydroxylation is 3. The van der Waals surface area contributed by atoms with E-state index in [0.29, 0.717) is 35.7 Å². The summed E-state index contributed by atoms with van der Waals surface area (Å²) in [6.07, 6.45) is 0.645. The lowest BCUT2D eigenvalue weighted by atomic mass is 10.00. The molecule has 0 radical (unpaired) electrons. The van der Waals surface area contributed by atoms with Crippen molar-refractivity contribution in [2.24, 2.45) is 0 Å². The van der Waals surface area contributed by atoms with E-state index in [9.17, 15) is 13.2 Å². The van der Waals surface area contributed by atoms with Crippen LogP contribution in [0.5, 0.6) is 0 Å². The summed E-state index contributed by atoms with van der Waals surface area (Å²) in [6.45, 7) is 6.58. The van der Waals surface area contributed by atoms with E-state index >= 15 is 0 Å². The zero-order valence-corrected chi connectivity index (χ0v) is 18.8. The molecule has 5 nitrogen and oxygen atoms in total. The Morgan fingerprint density at radius 2 is 1.58 bits per heavy atom. The molecular formula is C25H26N2O3S. The lowest BCUT2D eigenvalue weighted by molar-refractivity contribution is 0.102. The van der Waals surface area contributed by atoms with E-state index in [1.54, 1.807) is 12.1 Å². The highest BCUT2D eigenvalue weighted by Gasteiger charge is 2.28. The third kappa shape index (κ3) is 4.40. The van der Waals surface area contributed by atoms with Gasteiger partial charge in [0, 0.05) is 24.3 Å². The predicted octanol–water partition coefficient (Wildman–Crippen LogP) is 4.61. The van der Waals surface area contributed by atoms with Gasteiger partial charge in [0.2, 0.25) is 10.0 Å². The predicted molar refractivity (Wildman–Crippen MR) is 123 cm³/mol. The van der Waals surface area contributed by atoms with Gasteiger partial charge in [-0.1, -0.05) is 41.5 Å². The van der Waals surface area contributed by atoms with Crippen LogP contribution in [0.3, 0.4) is 0 Å². The van der Waals surface area contributed by atoms with Crippen LogP contribution in [0, 0.1) is 20.8 Å². The lowest BCUT2D eigenvalue weighted by Crippen LogP contribution is -2.36. The number of anilines is 1. The molecule has 0 fully saturated rings. The molecule has 0 spiro atoms. The number of hydrogen-bond donors (Lipinski definition) is 1. The molecule has 1 N–H and O–H groups in total. The molecule has 0 bridgehead atoms. The first-order chi connectivity index (χ1) is 14.7. The van der Waals surface area contributed by atoms with Crippen molar-refractivity contribution >= 4 is 21.6 Å². The van der Waals surface area contributed by atoms with Crippen LogP contribution in [0.1, 0.15) is 38.2 Å². The summed E-state index contributed by atoms with van der Waals surface area (Å²) in [4.78, 5) is 13.0. The number of carbonyl (C=O) groups excluding carboxylic acids is 1. The molecule has 3 aromatic carbocycles.